The Balaban J connectivity index is 2.49. The molecule has 1 aromatic heterocycles. The number of carbonyl (C=O) groups is 1. The van der Waals surface area contributed by atoms with Crippen molar-refractivity contribution in [3.63, 3.8) is 0 Å². The summed E-state index contributed by atoms with van der Waals surface area (Å²) in [4.78, 5) is 14.4. The summed E-state index contributed by atoms with van der Waals surface area (Å²) in [5.74, 6) is -0.737. The fourth-order valence-electron chi connectivity index (χ4n) is 1.89. The highest BCUT2D eigenvalue weighted by Crippen LogP contribution is 2.27. The van der Waals surface area contributed by atoms with Crippen molar-refractivity contribution in [1.29, 1.82) is 0 Å². The lowest BCUT2D eigenvalue weighted by Gasteiger charge is -2.03. The Morgan fingerprint density at radius 1 is 1.28 bits per heavy atom. The first-order valence-electron chi connectivity index (χ1n) is 5.71. The van der Waals surface area contributed by atoms with Crippen molar-refractivity contribution in [1.82, 2.24) is 4.98 Å². The van der Waals surface area contributed by atoms with E-state index in [4.69, 9.17) is 0 Å². The minimum Gasteiger partial charge on any atom is -0.478 e. The zero-order valence-corrected chi connectivity index (χ0v) is 11.8. The van der Waals surface area contributed by atoms with E-state index in [0.29, 0.717) is 5.56 Å². The third kappa shape index (κ3) is 2.48. The van der Waals surface area contributed by atoms with Gasteiger partial charge in [0.1, 0.15) is 0 Å². The molecule has 4 heteroatoms. The van der Waals surface area contributed by atoms with Crippen LogP contribution in [0.3, 0.4) is 0 Å². The van der Waals surface area contributed by atoms with E-state index in [1.807, 2.05) is 38.1 Å². The molecule has 0 bridgehead atoms. The van der Waals surface area contributed by atoms with Crippen molar-refractivity contribution in [2.75, 3.05) is 0 Å². The minimum atomic E-state index is -0.890. The normalized spacial score (nSPS) is 10.9. The van der Waals surface area contributed by atoms with E-state index in [9.17, 15) is 9.90 Å². The van der Waals surface area contributed by atoms with Gasteiger partial charge in [-0.2, -0.15) is 0 Å². The number of H-pyrrole nitrogens is 1. The van der Waals surface area contributed by atoms with E-state index in [1.165, 1.54) is 0 Å². The summed E-state index contributed by atoms with van der Waals surface area (Å²) in [7, 11) is 0. The summed E-state index contributed by atoms with van der Waals surface area (Å²) in [5.41, 5.74) is 2.93. The number of nitrogens with one attached hydrogen (secondary N) is 1. The third-order valence-corrected chi connectivity index (χ3v) is 3.34. The zero-order valence-electron chi connectivity index (χ0n) is 10.2. The van der Waals surface area contributed by atoms with Crippen LogP contribution in [-0.2, 0) is 0 Å². The van der Waals surface area contributed by atoms with Crippen LogP contribution >= 0.6 is 15.9 Å². The van der Waals surface area contributed by atoms with Gasteiger partial charge in [0.15, 0.2) is 0 Å². The van der Waals surface area contributed by atoms with E-state index >= 15 is 0 Å². The largest absolute Gasteiger partial charge is 0.478 e. The smallest absolute Gasteiger partial charge is 0.337 e. The van der Waals surface area contributed by atoms with Gasteiger partial charge in [-0.15, -0.1) is 0 Å². The number of rotatable bonds is 3. The number of halogens is 1. The number of carboxylic acids is 1. The number of benzene rings is 1. The molecule has 0 aliphatic rings. The van der Waals surface area contributed by atoms with Gasteiger partial charge in [0, 0.05) is 15.9 Å². The SMILES string of the molecule is CC(C)c1[nH]c(-c2ccc(Br)cc2)cc1C(=O)O. The second-order valence-corrected chi connectivity index (χ2v) is 5.39. The lowest BCUT2D eigenvalue weighted by atomic mass is 10.1. The van der Waals surface area contributed by atoms with Crippen LogP contribution in [0.4, 0.5) is 0 Å². The van der Waals surface area contributed by atoms with E-state index in [1.54, 1.807) is 6.07 Å². The molecule has 0 fully saturated rings. The average molecular weight is 308 g/mol. The van der Waals surface area contributed by atoms with Crippen LogP contribution in [0.2, 0.25) is 0 Å². The second-order valence-electron chi connectivity index (χ2n) is 4.48. The molecule has 0 aliphatic heterocycles. The predicted octanol–water partition coefficient (Wildman–Crippen LogP) is 4.27. The van der Waals surface area contributed by atoms with Crippen LogP contribution in [0.15, 0.2) is 34.8 Å². The summed E-state index contributed by atoms with van der Waals surface area (Å²) in [5, 5.41) is 9.19. The predicted molar refractivity (Wildman–Crippen MR) is 75.0 cm³/mol. The molecule has 18 heavy (non-hydrogen) atoms. The molecule has 1 aromatic carbocycles. The Hall–Kier alpha value is -1.55. The van der Waals surface area contributed by atoms with Gasteiger partial charge in [-0.05, 0) is 29.7 Å². The second kappa shape index (κ2) is 4.98. The van der Waals surface area contributed by atoms with Gasteiger partial charge in [0.25, 0.3) is 0 Å². The van der Waals surface area contributed by atoms with Gasteiger partial charge in [-0.3, -0.25) is 0 Å². The molecule has 2 aromatic rings. The van der Waals surface area contributed by atoms with E-state index in [-0.39, 0.29) is 5.92 Å². The highest BCUT2D eigenvalue weighted by Gasteiger charge is 2.17. The fourth-order valence-corrected chi connectivity index (χ4v) is 2.15. The van der Waals surface area contributed by atoms with E-state index in [2.05, 4.69) is 20.9 Å². The Kier molecular flexibility index (Phi) is 3.57. The molecule has 0 atom stereocenters. The first kappa shape index (κ1) is 12.9. The van der Waals surface area contributed by atoms with Crippen LogP contribution in [0, 0.1) is 0 Å². The van der Waals surface area contributed by atoms with Crippen molar-refractivity contribution >= 4 is 21.9 Å². The lowest BCUT2D eigenvalue weighted by molar-refractivity contribution is 0.0695. The van der Waals surface area contributed by atoms with E-state index in [0.717, 1.165) is 21.4 Å². The highest BCUT2D eigenvalue weighted by molar-refractivity contribution is 9.10. The molecular formula is C14H14BrNO2. The van der Waals surface area contributed by atoms with Gasteiger partial charge in [-0.25, -0.2) is 4.79 Å². The number of hydrogen-bond donors (Lipinski definition) is 2. The standard InChI is InChI=1S/C14H14BrNO2/c1-8(2)13-11(14(17)18)7-12(16-13)9-3-5-10(15)6-4-9/h3-8,16H,1-2H3,(H,17,18). The molecule has 0 spiro atoms. The topological polar surface area (TPSA) is 53.1 Å². The van der Waals surface area contributed by atoms with Crippen molar-refractivity contribution in [3.05, 3.63) is 46.1 Å². The maximum Gasteiger partial charge on any atom is 0.337 e. The first-order chi connectivity index (χ1) is 8.49. The van der Waals surface area contributed by atoms with Crippen molar-refractivity contribution in [2.45, 2.75) is 19.8 Å². The molecule has 0 saturated carbocycles. The quantitative estimate of drug-likeness (QED) is 0.890. The third-order valence-electron chi connectivity index (χ3n) is 2.81. The molecule has 94 valence electrons. The monoisotopic (exact) mass is 307 g/mol. The van der Waals surface area contributed by atoms with Crippen molar-refractivity contribution in [3.8, 4) is 11.3 Å². The molecule has 0 unspecified atom stereocenters. The van der Waals surface area contributed by atoms with Crippen molar-refractivity contribution < 1.29 is 9.90 Å². The summed E-state index contributed by atoms with van der Waals surface area (Å²) >= 11 is 3.38. The van der Waals surface area contributed by atoms with Gasteiger partial charge >= 0.3 is 5.97 Å². The van der Waals surface area contributed by atoms with Crippen LogP contribution in [0.5, 0.6) is 0 Å². The maximum atomic E-state index is 11.2. The molecule has 0 saturated heterocycles. The van der Waals surface area contributed by atoms with Gasteiger partial charge < -0.3 is 10.1 Å². The molecule has 0 amide bonds. The first-order valence-corrected chi connectivity index (χ1v) is 6.50. The van der Waals surface area contributed by atoms with Gasteiger partial charge in [0.05, 0.1) is 5.56 Å². The van der Waals surface area contributed by atoms with Crippen LogP contribution < -0.4 is 0 Å². The summed E-state index contributed by atoms with van der Waals surface area (Å²) in [6.45, 7) is 3.95. The summed E-state index contributed by atoms with van der Waals surface area (Å²) in [6, 6.07) is 9.47. The number of aromatic nitrogens is 1. The maximum absolute atomic E-state index is 11.2. The summed E-state index contributed by atoms with van der Waals surface area (Å²) < 4.78 is 1.00. The highest BCUT2D eigenvalue weighted by atomic mass is 79.9. The fraction of sp³-hybridized carbons (Fsp3) is 0.214. The Morgan fingerprint density at radius 3 is 2.33 bits per heavy atom. The summed E-state index contributed by atoms with van der Waals surface area (Å²) in [6.07, 6.45) is 0. The molecule has 2 N–H and O–H groups in total. The van der Waals surface area contributed by atoms with Crippen LogP contribution in [0.25, 0.3) is 11.3 Å². The Bertz CT molecular complexity index is 570. The molecular weight excluding hydrogens is 294 g/mol. The zero-order chi connectivity index (χ0) is 13.3. The Morgan fingerprint density at radius 2 is 1.89 bits per heavy atom. The van der Waals surface area contributed by atoms with Gasteiger partial charge in [-0.1, -0.05) is 41.9 Å². The number of aromatic carboxylic acids is 1. The van der Waals surface area contributed by atoms with Crippen LogP contribution in [0.1, 0.15) is 35.8 Å². The average Bonchev–Trinajstić information content (AvgIpc) is 2.75. The lowest BCUT2D eigenvalue weighted by Crippen LogP contribution is -2.01. The number of aromatic amines is 1. The van der Waals surface area contributed by atoms with Crippen LogP contribution in [-0.4, -0.2) is 16.1 Å². The number of carboxylic acid groups (broad SMARTS) is 1. The molecule has 2 rings (SSSR count). The minimum absolute atomic E-state index is 0.153. The van der Waals surface area contributed by atoms with E-state index < -0.39 is 5.97 Å². The van der Waals surface area contributed by atoms with Gasteiger partial charge in [0.2, 0.25) is 0 Å². The molecule has 1 heterocycles. The van der Waals surface area contributed by atoms with Crippen molar-refractivity contribution in [2.24, 2.45) is 0 Å². The Labute approximate surface area is 114 Å². The molecule has 0 radical (unpaired) electrons. The number of hydrogen-bond acceptors (Lipinski definition) is 1. The molecule has 0 aliphatic carbocycles. The molecule has 3 nitrogen and oxygen atoms in total.